The smallest absolute Gasteiger partial charge is 0.228 e. The Hall–Kier alpha value is -1.06. The van der Waals surface area contributed by atoms with Crippen LogP contribution in [0.5, 0.6) is 0 Å². The molecule has 100 valence electrons. The van der Waals surface area contributed by atoms with E-state index in [1.165, 1.54) is 32.1 Å². The summed E-state index contributed by atoms with van der Waals surface area (Å²) in [5.41, 5.74) is 0. The van der Waals surface area contributed by atoms with E-state index in [1.807, 2.05) is 0 Å². The van der Waals surface area contributed by atoms with Gasteiger partial charge in [-0.3, -0.25) is 9.59 Å². The fourth-order valence-corrected chi connectivity index (χ4v) is 3.91. The van der Waals surface area contributed by atoms with E-state index in [-0.39, 0.29) is 17.7 Å². The first-order valence-electron chi connectivity index (χ1n) is 7.33. The minimum absolute atomic E-state index is 0.0329. The molecule has 0 bridgehead atoms. The van der Waals surface area contributed by atoms with E-state index in [9.17, 15) is 9.59 Å². The highest BCUT2D eigenvalue weighted by atomic mass is 16.2. The molecule has 2 amide bonds. The van der Waals surface area contributed by atoms with Gasteiger partial charge in [0.15, 0.2) is 0 Å². The number of amides is 2. The van der Waals surface area contributed by atoms with E-state index < -0.39 is 0 Å². The van der Waals surface area contributed by atoms with Crippen molar-refractivity contribution in [1.82, 2.24) is 10.2 Å². The summed E-state index contributed by atoms with van der Waals surface area (Å²) in [6.45, 7) is 1.45. The van der Waals surface area contributed by atoms with Crippen molar-refractivity contribution < 1.29 is 9.59 Å². The third-order valence-corrected chi connectivity index (χ3v) is 4.85. The van der Waals surface area contributed by atoms with E-state index in [1.54, 1.807) is 0 Å². The van der Waals surface area contributed by atoms with Crippen molar-refractivity contribution in [2.24, 2.45) is 11.8 Å². The number of rotatable bonds is 1. The van der Waals surface area contributed by atoms with Gasteiger partial charge in [-0.05, 0) is 31.6 Å². The van der Waals surface area contributed by atoms with Crippen molar-refractivity contribution >= 4 is 11.8 Å². The van der Waals surface area contributed by atoms with Crippen molar-refractivity contribution in [1.29, 1.82) is 0 Å². The molecule has 0 aromatic heterocycles. The molecule has 1 saturated carbocycles. The van der Waals surface area contributed by atoms with Gasteiger partial charge in [0, 0.05) is 25.6 Å². The lowest BCUT2D eigenvalue weighted by atomic mass is 9.78. The molecule has 1 unspecified atom stereocenters. The van der Waals surface area contributed by atoms with Gasteiger partial charge in [-0.2, -0.15) is 0 Å². The number of piperidine rings is 1. The maximum absolute atomic E-state index is 12.5. The average molecular weight is 250 g/mol. The molecule has 0 aromatic carbocycles. The lowest BCUT2D eigenvalue weighted by Gasteiger charge is -2.44. The van der Waals surface area contributed by atoms with Gasteiger partial charge in [0.05, 0.1) is 5.92 Å². The lowest BCUT2D eigenvalue weighted by Crippen LogP contribution is -2.51. The van der Waals surface area contributed by atoms with Gasteiger partial charge >= 0.3 is 0 Å². The Labute approximate surface area is 108 Å². The van der Waals surface area contributed by atoms with Crippen molar-refractivity contribution in [3.63, 3.8) is 0 Å². The Balaban J connectivity index is 1.69. The molecule has 0 aromatic rings. The summed E-state index contributed by atoms with van der Waals surface area (Å²) < 4.78 is 0. The Morgan fingerprint density at radius 3 is 2.72 bits per heavy atom. The van der Waals surface area contributed by atoms with Crippen molar-refractivity contribution in [2.75, 3.05) is 13.1 Å². The van der Waals surface area contributed by atoms with E-state index in [0.29, 0.717) is 19.0 Å². The van der Waals surface area contributed by atoms with Crippen LogP contribution in [-0.2, 0) is 9.59 Å². The first-order chi connectivity index (χ1) is 8.75. The predicted molar refractivity (Wildman–Crippen MR) is 67.8 cm³/mol. The van der Waals surface area contributed by atoms with Gasteiger partial charge in [-0.15, -0.1) is 0 Å². The zero-order chi connectivity index (χ0) is 12.5. The standard InChI is InChI=1S/C14H22N2O2/c17-13-8-11(9-15-13)14(18)16-7-3-5-10-4-1-2-6-12(10)16/h10-12H,1-9H2,(H,15,17)/t10-,11?,12-/m1/s1. The molecule has 18 heavy (non-hydrogen) atoms. The van der Waals surface area contributed by atoms with Crippen molar-refractivity contribution in [2.45, 2.75) is 51.0 Å². The molecular formula is C14H22N2O2. The highest BCUT2D eigenvalue weighted by Crippen LogP contribution is 2.36. The summed E-state index contributed by atoms with van der Waals surface area (Å²) in [7, 11) is 0. The Morgan fingerprint density at radius 1 is 1.17 bits per heavy atom. The third kappa shape index (κ3) is 2.13. The van der Waals surface area contributed by atoms with E-state index in [0.717, 1.165) is 18.9 Å². The Kier molecular flexibility index (Phi) is 3.27. The summed E-state index contributed by atoms with van der Waals surface area (Å²) in [5, 5.41) is 2.78. The van der Waals surface area contributed by atoms with Gasteiger partial charge < -0.3 is 10.2 Å². The minimum atomic E-state index is -0.0989. The topological polar surface area (TPSA) is 49.4 Å². The summed E-state index contributed by atoms with van der Waals surface area (Å²) in [5.74, 6) is 0.884. The summed E-state index contributed by atoms with van der Waals surface area (Å²) in [4.78, 5) is 25.9. The quantitative estimate of drug-likeness (QED) is 0.762. The Morgan fingerprint density at radius 2 is 1.94 bits per heavy atom. The molecule has 2 aliphatic heterocycles. The molecule has 3 atom stereocenters. The molecule has 2 saturated heterocycles. The van der Waals surface area contributed by atoms with Crippen LogP contribution < -0.4 is 5.32 Å². The maximum atomic E-state index is 12.5. The number of nitrogens with zero attached hydrogens (tertiary/aromatic N) is 1. The third-order valence-electron chi connectivity index (χ3n) is 4.85. The second kappa shape index (κ2) is 4.90. The number of nitrogens with one attached hydrogen (secondary N) is 1. The highest BCUT2D eigenvalue weighted by Gasteiger charge is 2.39. The zero-order valence-corrected chi connectivity index (χ0v) is 10.9. The number of hydrogen-bond acceptors (Lipinski definition) is 2. The van der Waals surface area contributed by atoms with Gasteiger partial charge in [-0.1, -0.05) is 12.8 Å². The van der Waals surface area contributed by atoms with Crippen LogP contribution in [0.4, 0.5) is 0 Å². The minimum Gasteiger partial charge on any atom is -0.355 e. The van der Waals surface area contributed by atoms with Crippen LogP contribution in [0.25, 0.3) is 0 Å². The second-order valence-electron chi connectivity index (χ2n) is 5.99. The van der Waals surface area contributed by atoms with Crippen LogP contribution in [0, 0.1) is 11.8 Å². The van der Waals surface area contributed by atoms with Crippen molar-refractivity contribution in [3.05, 3.63) is 0 Å². The monoisotopic (exact) mass is 250 g/mol. The number of likely N-dealkylation sites (tertiary alicyclic amines) is 1. The number of fused-ring (bicyclic) bond motifs is 1. The number of carbonyl (C=O) groups excluding carboxylic acids is 2. The average Bonchev–Trinajstić information content (AvgIpc) is 2.84. The van der Waals surface area contributed by atoms with Gasteiger partial charge in [0.25, 0.3) is 0 Å². The largest absolute Gasteiger partial charge is 0.355 e. The van der Waals surface area contributed by atoms with Crippen LogP contribution in [0.3, 0.4) is 0 Å². The molecule has 3 aliphatic rings. The second-order valence-corrected chi connectivity index (χ2v) is 5.99. The number of hydrogen-bond donors (Lipinski definition) is 1. The molecule has 3 rings (SSSR count). The molecule has 2 heterocycles. The van der Waals surface area contributed by atoms with Crippen LogP contribution in [-0.4, -0.2) is 35.8 Å². The molecule has 0 radical (unpaired) electrons. The molecule has 1 N–H and O–H groups in total. The fourth-order valence-electron chi connectivity index (χ4n) is 3.91. The number of carbonyl (C=O) groups is 2. The van der Waals surface area contributed by atoms with E-state index in [4.69, 9.17) is 0 Å². The molecular weight excluding hydrogens is 228 g/mol. The van der Waals surface area contributed by atoms with Crippen LogP contribution in [0.15, 0.2) is 0 Å². The first-order valence-corrected chi connectivity index (χ1v) is 7.33. The van der Waals surface area contributed by atoms with Gasteiger partial charge in [0.2, 0.25) is 11.8 Å². The van der Waals surface area contributed by atoms with E-state index >= 15 is 0 Å². The molecule has 3 fully saturated rings. The maximum Gasteiger partial charge on any atom is 0.228 e. The van der Waals surface area contributed by atoms with Crippen LogP contribution in [0.2, 0.25) is 0 Å². The van der Waals surface area contributed by atoms with Gasteiger partial charge in [-0.25, -0.2) is 0 Å². The molecule has 4 heteroatoms. The van der Waals surface area contributed by atoms with Crippen molar-refractivity contribution in [3.8, 4) is 0 Å². The summed E-state index contributed by atoms with van der Waals surface area (Å²) in [6, 6.07) is 0.468. The SMILES string of the molecule is O=C1CC(C(=O)N2CCC[C@H]3CCCC[C@H]32)CN1. The predicted octanol–water partition coefficient (Wildman–Crippen LogP) is 1.30. The highest BCUT2D eigenvalue weighted by molar-refractivity contribution is 5.89. The zero-order valence-electron chi connectivity index (χ0n) is 10.9. The molecule has 0 spiro atoms. The summed E-state index contributed by atoms with van der Waals surface area (Å²) in [6.07, 6.45) is 7.87. The van der Waals surface area contributed by atoms with Gasteiger partial charge in [0.1, 0.15) is 0 Å². The molecule has 1 aliphatic carbocycles. The Bertz CT molecular complexity index is 354. The van der Waals surface area contributed by atoms with E-state index in [2.05, 4.69) is 10.2 Å². The van der Waals surface area contributed by atoms with Crippen LogP contribution in [0.1, 0.15) is 44.9 Å². The first kappa shape index (κ1) is 12.0. The lowest BCUT2D eigenvalue weighted by molar-refractivity contribution is -0.142. The van der Waals surface area contributed by atoms with Crippen LogP contribution >= 0.6 is 0 Å². The molecule has 4 nitrogen and oxygen atoms in total. The fraction of sp³-hybridized carbons (Fsp3) is 0.857. The summed E-state index contributed by atoms with van der Waals surface area (Å²) >= 11 is 0. The normalized spacial score (nSPS) is 36.1.